The predicted molar refractivity (Wildman–Crippen MR) is 80.3 cm³/mol. The summed E-state index contributed by atoms with van der Waals surface area (Å²) in [5, 5.41) is 2.60. The Kier molecular flexibility index (Phi) is 6.45. The molecule has 0 radical (unpaired) electrons. The van der Waals surface area contributed by atoms with Crippen LogP contribution in [0.3, 0.4) is 0 Å². The number of halogens is 2. The van der Waals surface area contributed by atoms with Crippen LogP contribution >= 0.6 is 31.9 Å². The van der Waals surface area contributed by atoms with Crippen molar-refractivity contribution < 1.29 is 13.2 Å². The molecule has 19 heavy (non-hydrogen) atoms. The number of rotatable bonds is 6. The molecular formula is C11H14Br2N2O3S. The molecule has 0 bridgehead atoms. The summed E-state index contributed by atoms with van der Waals surface area (Å²) in [6.07, 6.45) is 0.110. The predicted octanol–water partition coefficient (Wildman–Crippen LogP) is 2.02. The Balaban J connectivity index is 2.71. The molecule has 0 aromatic heterocycles. The van der Waals surface area contributed by atoms with E-state index < -0.39 is 10.0 Å². The van der Waals surface area contributed by atoms with E-state index in [4.69, 9.17) is 0 Å². The van der Waals surface area contributed by atoms with Gasteiger partial charge in [0.15, 0.2) is 0 Å². The van der Waals surface area contributed by atoms with E-state index in [9.17, 15) is 13.2 Å². The van der Waals surface area contributed by atoms with E-state index >= 15 is 0 Å². The molecule has 0 saturated carbocycles. The Morgan fingerprint density at radius 3 is 2.63 bits per heavy atom. The van der Waals surface area contributed by atoms with Crippen molar-refractivity contribution in [1.82, 2.24) is 10.0 Å². The van der Waals surface area contributed by atoms with Gasteiger partial charge in [0.2, 0.25) is 15.9 Å². The van der Waals surface area contributed by atoms with Gasteiger partial charge in [0, 0.05) is 28.5 Å². The fraction of sp³-hybridized carbons (Fsp3) is 0.364. The summed E-state index contributed by atoms with van der Waals surface area (Å²) < 4.78 is 27.6. The van der Waals surface area contributed by atoms with Crippen molar-refractivity contribution in [3.63, 3.8) is 0 Å². The van der Waals surface area contributed by atoms with Gasteiger partial charge < -0.3 is 5.32 Å². The highest BCUT2D eigenvalue weighted by Gasteiger charge is 2.17. The third-order valence-electron chi connectivity index (χ3n) is 2.20. The quantitative estimate of drug-likeness (QED) is 0.748. The van der Waals surface area contributed by atoms with Crippen LogP contribution in [-0.4, -0.2) is 27.4 Å². The van der Waals surface area contributed by atoms with Crippen molar-refractivity contribution >= 4 is 47.8 Å². The van der Waals surface area contributed by atoms with Crippen LogP contribution in [0.5, 0.6) is 0 Å². The lowest BCUT2D eigenvalue weighted by atomic mass is 10.4. The topological polar surface area (TPSA) is 75.3 Å². The zero-order valence-electron chi connectivity index (χ0n) is 10.2. The molecule has 106 valence electrons. The summed E-state index contributed by atoms with van der Waals surface area (Å²) >= 11 is 6.42. The first-order valence-electron chi connectivity index (χ1n) is 5.58. The van der Waals surface area contributed by atoms with Gasteiger partial charge in [0.05, 0.1) is 4.90 Å². The van der Waals surface area contributed by atoms with Crippen LogP contribution in [0.15, 0.2) is 32.0 Å². The average Bonchev–Trinajstić information content (AvgIpc) is 2.32. The fourth-order valence-corrected chi connectivity index (χ4v) is 3.88. The van der Waals surface area contributed by atoms with Crippen molar-refractivity contribution in [2.75, 3.05) is 13.1 Å². The van der Waals surface area contributed by atoms with Gasteiger partial charge in [-0.15, -0.1) is 0 Å². The van der Waals surface area contributed by atoms with Crippen molar-refractivity contribution in [3.8, 4) is 0 Å². The van der Waals surface area contributed by atoms with E-state index in [1.807, 2.05) is 0 Å². The Morgan fingerprint density at radius 2 is 2.00 bits per heavy atom. The lowest BCUT2D eigenvalue weighted by Gasteiger charge is -2.09. The van der Waals surface area contributed by atoms with E-state index in [0.29, 0.717) is 15.5 Å². The third kappa shape index (κ3) is 5.21. The summed E-state index contributed by atoms with van der Waals surface area (Å²) in [5.74, 6) is -0.182. The van der Waals surface area contributed by atoms with Crippen molar-refractivity contribution in [2.24, 2.45) is 0 Å². The number of sulfonamides is 1. The molecule has 0 atom stereocenters. The highest BCUT2D eigenvalue weighted by molar-refractivity contribution is 9.11. The lowest BCUT2D eigenvalue weighted by molar-refractivity contribution is -0.120. The molecule has 1 aromatic rings. The van der Waals surface area contributed by atoms with Gasteiger partial charge in [-0.2, -0.15) is 0 Å². The molecular weight excluding hydrogens is 400 g/mol. The van der Waals surface area contributed by atoms with Crippen LogP contribution < -0.4 is 10.0 Å². The van der Waals surface area contributed by atoms with Crippen LogP contribution in [0, 0.1) is 0 Å². The van der Waals surface area contributed by atoms with E-state index in [-0.39, 0.29) is 23.8 Å². The minimum atomic E-state index is -3.63. The van der Waals surface area contributed by atoms with Crippen molar-refractivity contribution in [1.29, 1.82) is 0 Å². The molecule has 1 amide bonds. The molecule has 1 aromatic carbocycles. The van der Waals surface area contributed by atoms with Gasteiger partial charge in [-0.3, -0.25) is 4.79 Å². The molecule has 8 heteroatoms. The minimum Gasteiger partial charge on any atom is -0.356 e. The molecule has 0 aliphatic rings. The summed E-state index contributed by atoms with van der Waals surface area (Å²) in [7, 11) is -3.63. The van der Waals surface area contributed by atoms with Crippen LogP contribution in [0.4, 0.5) is 0 Å². The third-order valence-corrected chi connectivity index (χ3v) is 5.15. The van der Waals surface area contributed by atoms with Crippen LogP contribution in [-0.2, 0) is 14.8 Å². The largest absolute Gasteiger partial charge is 0.356 e. The number of amides is 1. The Morgan fingerprint density at radius 1 is 1.32 bits per heavy atom. The van der Waals surface area contributed by atoms with Crippen LogP contribution in [0.2, 0.25) is 0 Å². The van der Waals surface area contributed by atoms with Gasteiger partial charge in [-0.25, -0.2) is 13.1 Å². The van der Waals surface area contributed by atoms with Gasteiger partial charge >= 0.3 is 0 Å². The lowest BCUT2D eigenvalue weighted by Crippen LogP contribution is -2.30. The maximum atomic E-state index is 12.1. The molecule has 5 nitrogen and oxygen atoms in total. The molecule has 0 saturated heterocycles. The van der Waals surface area contributed by atoms with Crippen molar-refractivity contribution in [3.05, 3.63) is 27.1 Å². The zero-order valence-corrected chi connectivity index (χ0v) is 14.2. The highest BCUT2D eigenvalue weighted by atomic mass is 79.9. The second-order valence-electron chi connectivity index (χ2n) is 3.68. The summed E-state index contributed by atoms with van der Waals surface area (Å²) in [4.78, 5) is 11.4. The summed E-state index contributed by atoms with van der Waals surface area (Å²) in [6, 6.07) is 4.87. The van der Waals surface area contributed by atoms with Crippen LogP contribution in [0.1, 0.15) is 13.3 Å². The summed E-state index contributed by atoms with van der Waals surface area (Å²) in [6.45, 7) is 2.40. The maximum absolute atomic E-state index is 12.1. The number of nitrogens with one attached hydrogen (secondary N) is 2. The Bertz CT molecular complexity index is 561. The average molecular weight is 414 g/mol. The number of carbonyl (C=O) groups is 1. The van der Waals surface area contributed by atoms with Crippen LogP contribution in [0.25, 0.3) is 0 Å². The number of carbonyl (C=O) groups excluding carboxylic acids is 1. The maximum Gasteiger partial charge on any atom is 0.241 e. The molecule has 0 aliphatic carbocycles. The van der Waals surface area contributed by atoms with Crippen molar-refractivity contribution in [2.45, 2.75) is 18.2 Å². The fourth-order valence-electron chi connectivity index (χ4n) is 1.35. The smallest absolute Gasteiger partial charge is 0.241 e. The molecule has 0 spiro atoms. The van der Waals surface area contributed by atoms with Gasteiger partial charge in [0.1, 0.15) is 0 Å². The first-order valence-corrected chi connectivity index (χ1v) is 8.65. The molecule has 2 N–H and O–H groups in total. The second kappa shape index (κ2) is 7.37. The minimum absolute atomic E-state index is 0.0626. The molecule has 1 rings (SSSR count). The van der Waals surface area contributed by atoms with E-state index in [1.165, 1.54) is 6.07 Å². The standard InChI is InChI=1S/C11H14Br2N2O3S/c1-2-14-11(16)5-6-15-19(17,18)10-7-8(12)3-4-9(10)13/h3-4,7,15H,2,5-6H2,1H3,(H,14,16). The second-order valence-corrected chi connectivity index (χ2v) is 7.18. The van der Waals surface area contributed by atoms with Gasteiger partial charge in [0.25, 0.3) is 0 Å². The zero-order chi connectivity index (χ0) is 14.5. The highest BCUT2D eigenvalue weighted by Crippen LogP contribution is 2.25. The van der Waals surface area contributed by atoms with Gasteiger partial charge in [-0.05, 0) is 41.1 Å². The first kappa shape index (κ1) is 16.6. The normalized spacial score (nSPS) is 11.3. The van der Waals surface area contributed by atoms with E-state index in [0.717, 1.165) is 0 Å². The monoisotopic (exact) mass is 412 g/mol. The Hall–Kier alpha value is -0.440. The first-order chi connectivity index (χ1) is 8.86. The van der Waals surface area contributed by atoms with E-state index in [2.05, 4.69) is 41.9 Å². The Labute approximate surface area is 129 Å². The van der Waals surface area contributed by atoms with E-state index in [1.54, 1.807) is 19.1 Å². The molecule has 0 unspecified atom stereocenters. The molecule has 0 heterocycles. The van der Waals surface area contributed by atoms with Gasteiger partial charge in [-0.1, -0.05) is 15.9 Å². The number of hydrogen-bond donors (Lipinski definition) is 2. The molecule has 0 fully saturated rings. The molecule has 0 aliphatic heterocycles. The number of hydrogen-bond acceptors (Lipinski definition) is 3. The number of benzene rings is 1. The SMILES string of the molecule is CCNC(=O)CCNS(=O)(=O)c1cc(Br)ccc1Br. The summed E-state index contributed by atoms with van der Waals surface area (Å²) in [5.41, 5.74) is 0.